The first-order valence-electron chi connectivity index (χ1n) is 6.02. The van der Waals surface area contributed by atoms with Crippen LogP contribution < -0.4 is 0 Å². The smallest absolute Gasteiger partial charge is 0.272 e. The van der Waals surface area contributed by atoms with E-state index in [-0.39, 0.29) is 5.91 Å². The van der Waals surface area contributed by atoms with Crippen LogP contribution in [0.5, 0.6) is 0 Å². The van der Waals surface area contributed by atoms with Crippen LogP contribution in [0.15, 0.2) is 24.5 Å². The Hall–Kier alpha value is -2.11. The maximum atomic E-state index is 12.3. The minimum absolute atomic E-state index is 0.0528. The van der Waals surface area contributed by atoms with Crippen LogP contribution in [0, 0.1) is 0 Å². The Morgan fingerprint density at radius 1 is 1.44 bits per heavy atom. The molecule has 1 amide bonds. The molecule has 94 valence electrons. The molecule has 2 aromatic heterocycles. The van der Waals surface area contributed by atoms with E-state index in [1.807, 2.05) is 11.0 Å². The van der Waals surface area contributed by atoms with Gasteiger partial charge in [-0.15, -0.1) is 0 Å². The van der Waals surface area contributed by atoms with Crippen molar-refractivity contribution in [1.82, 2.24) is 24.9 Å². The second kappa shape index (κ2) is 4.29. The van der Waals surface area contributed by atoms with Crippen molar-refractivity contribution in [1.29, 1.82) is 0 Å². The normalized spacial score (nSPS) is 19.4. The summed E-state index contributed by atoms with van der Waals surface area (Å²) in [6.45, 7) is 1.53. The first kappa shape index (κ1) is 11.0. The standard InChI is InChI=1S/C12H15N5O/c1-16-11(3-6-14-16)12(18)17-7-4-9(8-17)10-2-5-13-15-10/h2-3,5-6,9H,4,7-8H2,1H3,(H,13,15). The highest BCUT2D eigenvalue weighted by Crippen LogP contribution is 2.26. The molecule has 1 aliphatic heterocycles. The second-order valence-electron chi connectivity index (χ2n) is 4.59. The summed E-state index contributed by atoms with van der Waals surface area (Å²) in [5.74, 6) is 0.418. The van der Waals surface area contributed by atoms with Gasteiger partial charge >= 0.3 is 0 Å². The van der Waals surface area contributed by atoms with Crippen LogP contribution in [0.3, 0.4) is 0 Å². The van der Waals surface area contributed by atoms with Gasteiger partial charge in [0.15, 0.2) is 0 Å². The minimum atomic E-state index is 0.0528. The van der Waals surface area contributed by atoms with E-state index in [1.165, 1.54) is 0 Å². The number of H-pyrrole nitrogens is 1. The highest BCUT2D eigenvalue weighted by molar-refractivity contribution is 5.92. The summed E-state index contributed by atoms with van der Waals surface area (Å²) < 4.78 is 1.62. The predicted molar refractivity (Wildman–Crippen MR) is 65.1 cm³/mol. The number of aromatic amines is 1. The van der Waals surface area contributed by atoms with E-state index in [0.717, 1.165) is 25.2 Å². The molecule has 1 unspecified atom stereocenters. The molecule has 0 saturated carbocycles. The molecular weight excluding hydrogens is 230 g/mol. The van der Waals surface area contributed by atoms with Crippen LogP contribution in [-0.4, -0.2) is 43.9 Å². The molecule has 0 aliphatic carbocycles. The van der Waals surface area contributed by atoms with Gasteiger partial charge in [-0.05, 0) is 18.6 Å². The number of nitrogens with zero attached hydrogens (tertiary/aromatic N) is 4. The zero-order valence-corrected chi connectivity index (χ0v) is 10.2. The summed E-state index contributed by atoms with van der Waals surface area (Å²) in [4.78, 5) is 14.2. The van der Waals surface area contributed by atoms with Crippen molar-refractivity contribution in [2.24, 2.45) is 7.05 Å². The third-order valence-electron chi connectivity index (χ3n) is 3.48. The highest BCUT2D eigenvalue weighted by Gasteiger charge is 2.29. The number of carbonyl (C=O) groups is 1. The molecule has 18 heavy (non-hydrogen) atoms. The van der Waals surface area contributed by atoms with Crippen LogP contribution in [0.4, 0.5) is 0 Å². The van der Waals surface area contributed by atoms with E-state index in [1.54, 1.807) is 30.2 Å². The fourth-order valence-corrected chi connectivity index (χ4v) is 2.44. The first-order valence-corrected chi connectivity index (χ1v) is 6.02. The molecule has 6 nitrogen and oxygen atoms in total. The average molecular weight is 245 g/mol. The van der Waals surface area contributed by atoms with Gasteiger partial charge in [0.25, 0.3) is 5.91 Å². The quantitative estimate of drug-likeness (QED) is 0.850. The second-order valence-corrected chi connectivity index (χ2v) is 4.59. The van der Waals surface area contributed by atoms with Gasteiger partial charge in [-0.1, -0.05) is 0 Å². The highest BCUT2D eigenvalue weighted by atomic mass is 16.2. The number of likely N-dealkylation sites (tertiary alicyclic amines) is 1. The topological polar surface area (TPSA) is 66.8 Å². The van der Waals surface area contributed by atoms with Gasteiger partial charge in [0.1, 0.15) is 5.69 Å². The summed E-state index contributed by atoms with van der Waals surface area (Å²) in [6, 6.07) is 3.73. The monoisotopic (exact) mass is 245 g/mol. The van der Waals surface area contributed by atoms with Crippen LogP contribution in [0.1, 0.15) is 28.5 Å². The number of carbonyl (C=O) groups excluding carboxylic acids is 1. The molecule has 3 rings (SSSR count). The molecule has 0 bridgehead atoms. The lowest BCUT2D eigenvalue weighted by Gasteiger charge is -2.16. The zero-order valence-electron chi connectivity index (χ0n) is 10.2. The van der Waals surface area contributed by atoms with Gasteiger partial charge in [0.2, 0.25) is 0 Å². The van der Waals surface area contributed by atoms with Crippen molar-refractivity contribution in [2.45, 2.75) is 12.3 Å². The van der Waals surface area contributed by atoms with Gasteiger partial charge < -0.3 is 4.90 Å². The SMILES string of the molecule is Cn1nccc1C(=O)N1CCC(c2ccn[nH]2)C1. The molecule has 1 saturated heterocycles. The van der Waals surface area contributed by atoms with Gasteiger partial charge in [-0.25, -0.2) is 0 Å². The molecule has 3 heterocycles. The van der Waals surface area contributed by atoms with E-state index >= 15 is 0 Å². The summed E-state index contributed by atoms with van der Waals surface area (Å²) in [5, 5.41) is 11.0. The maximum absolute atomic E-state index is 12.3. The van der Waals surface area contributed by atoms with Crippen molar-refractivity contribution in [2.75, 3.05) is 13.1 Å². The fraction of sp³-hybridized carbons (Fsp3) is 0.417. The lowest BCUT2D eigenvalue weighted by molar-refractivity contribution is 0.0780. The minimum Gasteiger partial charge on any atom is -0.337 e. The summed E-state index contributed by atoms with van der Waals surface area (Å²) >= 11 is 0. The Labute approximate surface area is 105 Å². The van der Waals surface area contributed by atoms with Gasteiger partial charge in [-0.2, -0.15) is 10.2 Å². The zero-order chi connectivity index (χ0) is 12.5. The Kier molecular flexibility index (Phi) is 2.62. The molecule has 6 heteroatoms. The van der Waals surface area contributed by atoms with Crippen molar-refractivity contribution in [3.8, 4) is 0 Å². The van der Waals surface area contributed by atoms with E-state index in [0.29, 0.717) is 11.6 Å². The fourth-order valence-electron chi connectivity index (χ4n) is 2.44. The molecular formula is C12H15N5O. The predicted octanol–water partition coefficient (Wildman–Crippen LogP) is 0.773. The van der Waals surface area contributed by atoms with Crippen molar-refractivity contribution in [3.63, 3.8) is 0 Å². The summed E-state index contributed by atoms with van der Waals surface area (Å²) in [6.07, 6.45) is 4.38. The number of hydrogen-bond acceptors (Lipinski definition) is 3. The average Bonchev–Trinajstić information content (AvgIpc) is 3.09. The van der Waals surface area contributed by atoms with Crippen LogP contribution in [0.2, 0.25) is 0 Å². The molecule has 1 fully saturated rings. The van der Waals surface area contributed by atoms with E-state index in [2.05, 4.69) is 15.3 Å². The van der Waals surface area contributed by atoms with Crippen LogP contribution in [0.25, 0.3) is 0 Å². The Morgan fingerprint density at radius 2 is 2.33 bits per heavy atom. The molecule has 2 aromatic rings. The van der Waals surface area contributed by atoms with E-state index in [9.17, 15) is 4.79 Å². The van der Waals surface area contributed by atoms with Crippen LogP contribution >= 0.6 is 0 Å². The summed E-state index contributed by atoms with van der Waals surface area (Å²) in [5.41, 5.74) is 1.75. The molecule has 1 N–H and O–H groups in total. The van der Waals surface area contributed by atoms with Gasteiger partial charge in [0.05, 0.1) is 0 Å². The Morgan fingerprint density at radius 3 is 3.00 bits per heavy atom. The molecule has 0 radical (unpaired) electrons. The van der Waals surface area contributed by atoms with Crippen LogP contribution in [-0.2, 0) is 7.05 Å². The van der Waals surface area contributed by atoms with Crippen molar-refractivity contribution >= 4 is 5.91 Å². The number of aromatic nitrogens is 4. The lowest BCUT2D eigenvalue weighted by atomic mass is 10.1. The van der Waals surface area contributed by atoms with E-state index < -0.39 is 0 Å². The number of aryl methyl sites for hydroxylation is 1. The number of nitrogens with one attached hydrogen (secondary N) is 1. The Balaban J connectivity index is 1.73. The number of amides is 1. The number of rotatable bonds is 2. The molecule has 0 spiro atoms. The Bertz CT molecular complexity index is 545. The van der Waals surface area contributed by atoms with E-state index in [4.69, 9.17) is 0 Å². The third-order valence-corrected chi connectivity index (χ3v) is 3.48. The molecule has 0 aromatic carbocycles. The largest absolute Gasteiger partial charge is 0.337 e. The van der Waals surface area contributed by atoms with Crippen molar-refractivity contribution < 1.29 is 4.79 Å². The maximum Gasteiger partial charge on any atom is 0.272 e. The third kappa shape index (κ3) is 1.79. The van der Waals surface area contributed by atoms with Gasteiger partial charge in [-0.3, -0.25) is 14.6 Å². The molecule has 1 atom stereocenters. The lowest BCUT2D eigenvalue weighted by Crippen LogP contribution is -2.30. The van der Waals surface area contributed by atoms with Gasteiger partial charge in [0, 0.05) is 44.1 Å². The first-order chi connectivity index (χ1) is 8.75. The van der Waals surface area contributed by atoms with Crippen molar-refractivity contribution in [3.05, 3.63) is 35.9 Å². The summed E-state index contributed by atoms with van der Waals surface area (Å²) in [7, 11) is 1.79. The molecule has 1 aliphatic rings. The number of hydrogen-bond donors (Lipinski definition) is 1.